The van der Waals surface area contributed by atoms with Gasteiger partial charge in [0, 0.05) is 13.5 Å². The van der Waals surface area contributed by atoms with Crippen LogP contribution in [0.4, 0.5) is 0 Å². The van der Waals surface area contributed by atoms with Gasteiger partial charge in [-0.25, -0.2) is 0 Å². The first-order valence-corrected chi connectivity index (χ1v) is 5.17. The molecule has 0 N–H and O–H groups in total. The van der Waals surface area contributed by atoms with Crippen molar-refractivity contribution in [1.29, 1.82) is 0 Å². The summed E-state index contributed by atoms with van der Waals surface area (Å²) < 4.78 is 18.0. The molecule has 0 aromatic rings. The molecule has 0 radical (unpaired) electrons. The summed E-state index contributed by atoms with van der Waals surface area (Å²) in [4.78, 5) is 35.8. The van der Waals surface area contributed by atoms with Crippen LogP contribution in [0.25, 0.3) is 0 Å². The Balaban J connectivity index is -0.0000000533. The molecule has 0 rings (SSSR count). The fourth-order valence-electron chi connectivity index (χ4n) is 0.389. The standard InChI is InChI=1S/C6H12O3.3K.H3O4P/c1-3-8-4-5-9-6(2)7;;;;1-5(2,3)4/h3-5H2,1-2H3;;;;(H3,1,2,3,4)/q;3*+1;/p-3. The monoisotopic (exact) mass is 344 g/mol. The van der Waals surface area contributed by atoms with Gasteiger partial charge in [0.1, 0.15) is 6.61 Å². The smallest absolute Gasteiger partial charge is 0.822 e. The number of hydrogen-bond acceptors (Lipinski definition) is 7. The third-order valence-electron chi connectivity index (χ3n) is 0.737. The molecule has 86 valence electrons. The first-order valence-electron chi connectivity index (χ1n) is 3.71. The van der Waals surface area contributed by atoms with Crippen molar-refractivity contribution < 1.29 is 188 Å². The second-order valence-electron chi connectivity index (χ2n) is 1.98. The number of esters is 1. The Kier molecular flexibility index (Phi) is 44.3. The molecule has 0 aromatic heterocycles. The van der Waals surface area contributed by atoms with Crippen molar-refractivity contribution in [3.8, 4) is 0 Å². The third-order valence-corrected chi connectivity index (χ3v) is 0.737. The van der Waals surface area contributed by atoms with Gasteiger partial charge in [-0.2, -0.15) is 7.82 Å². The molecule has 0 aliphatic rings. The molecular formula is C6H12K3O7P. The summed E-state index contributed by atoms with van der Waals surface area (Å²) >= 11 is 0. The predicted molar refractivity (Wildman–Crippen MR) is 40.7 cm³/mol. The van der Waals surface area contributed by atoms with Crippen molar-refractivity contribution in [3.05, 3.63) is 0 Å². The minimum Gasteiger partial charge on any atom is -0.822 e. The third kappa shape index (κ3) is 63.7. The molecule has 0 unspecified atom stereocenters. The second-order valence-corrected chi connectivity index (χ2v) is 2.88. The van der Waals surface area contributed by atoms with E-state index in [0.717, 1.165) is 0 Å². The molecule has 0 aromatic carbocycles. The van der Waals surface area contributed by atoms with Crippen LogP contribution in [0.5, 0.6) is 0 Å². The van der Waals surface area contributed by atoms with Crippen LogP contribution in [0, 0.1) is 0 Å². The zero-order chi connectivity index (χ0) is 11.6. The van der Waals surface area contributed by atoms with Gasteiger partial charge in [-0.15, -0.1) is 0 Å². The fraction of sp³-hybridized carbons (Fsp3) is 0.833. The number of carbonyl (C=O) groups is 1. The Morgan fingerprint density at radius 2 is 1.47 bits per heavy atom. The SMILES string of the molecule is CCOCCOC(C)=O.O=P([O-])([O-])[O-].[K+].[K+].[K+]. The zero-order valence-corrected chi connectivity index (χ0v) is 21.2. The first-order chi connectivity index (χ1) is 6.27. The summed E-state index contributed by atoms with van der Waals surface area (Å²) in [7, 11) is -5.39. The van der Waals surface area contributed by atoms with E-state index in [1.54, 1.807) is 0 Å². The Morgan fingerprint density at radius 1 is 1.12 bits per heavy atom. The van der Waals surface area contributed by atoms with Crippen LogP contribution >= 0.6 is 7.82 Å². The van der Waals surface area contributed by atoms with Gasteiger partial charge >= 0.3 is 160 Å². The maximum atomic E-state index is 10.1. The normalized spacial score (nSPS) is 8.29. The van der Waals surface area contributed by atoms with Crippen LogP contribution in [-0.4, -0.2) is 25.8 Å². The van der Waals surface area contributed by atoms with E-state index < -0.39 is 7.82 Å². The van der Waals surface area contributed by atoms with Crippen LogP contribution < -0.4 is 169 Å². The molecule has 0 spiro atoms. The molecule has 0 aliphatic heterocycles. The van der Waals surface area contributed by atoms with Gasteiger partial charge in [-0.05, 0) is 6.92 Å². The van der Waals surface area contributed by atoms with Gasteiger partial charge in [0.15, 0.2) is 0 Å². The first kappa shape index (κ1) is 33.1. The molecule has 0 atom stereocenters. The fourth-order valence-corrected chi connectivity index (χ4v) is 0.389. The minimum atomic E-state index is -5.39. The van der Waals surface area contributed by atoms with E-state index in [-0.39, 0.29) is 160 Å². The maximum absolute atomic E-state index is 10.1. The summed E-state index contributed by atoms with van der Waals surface area (Å²) in [5.74, 6) is -0.255. The summed E-state index contributed by atoms with van der Waals surface area (Å²) in [5, 5.41) is 0. The molecular weight excluding hydrogens is 332 g/mol. The van der Waals surface area contributed by atoms with E-state index in [0.29, 0.717) is 19.8 Å². The molecule has 0 saturated heterocycles. The topological polar surface area (TPSA) is 122 Å². The second kappa shape index (κ2) is 22.7. The predicted octanol–water partition coefficient (Wildman–Crippen LogP) is -11.2. The quantitative estimate of drug-likeness (QED) is 0.215. The van der Waals surface area contributed by atoms with Gasteiger partial charge in [-0.3, -0.25) is 4.79 Å². The van der Waals surface area contributed by atoms with Crippen LogP contribution in [0.3, 0.4) is 0 Å². The average Bonchev–Trinajstić information content (AvgIpc) is 1.94. The molecule has 0 heterocycles. The van der Waals surface area contributed by atoms with E-state index in [9.17, 15) is 4.79 Å². The number of rotatable bonds is 4. The largest absolute Gasteiger partial charge is 1.00 e. The van der Waals surface area contributed by atoms with E-state index in [4.69, 9.17) is 24.0 Å². The Labute approximate surface area is 229 Å². The van der Waals surface area contributed by atoms with Gasteiger partial charge in [0.05, 0.1) is 6.61 Å². The van der Waals surface area contributed by atoms with Crippen molar-refractivity contribution in [2.24, 2.45) is 0 Å². The number of carbonyl (C=O) groups excluding carboxylic acids is 1. The van der Waals surface area contributed by atoms with E-state index in [1.165, 1.54) is 6.92 Å². The zero-order valence-electron chi connectivity index (χ0n) is 10.9. The van der Waals surface area contributed by atoms with Crippen molar-refractivity contribution in [2.45, 2.75) is 13.8 Å². The van der Waals surface area contributed by atoms with Gasteiger partial charge in [0.25, 0.3) is 0 Å². The van der Waals surface area contributed by atoms with E-state index >= 15 is 0 Å². The van der Waals surface area contributed by atoms with Crippen molar-refractivity contribution >= 4 is 13.8 Å². The van der Waals surface area contributed by atoms with Crippen LogP contribution in [-0.2, 0) is 18.8 Å². The molecule has 11 heteroatoms. The molecule has 0 bridgehead atoms. The van der Waals surface area contributed by atoms with Crippen LogP contribution in [0.15, 0.2) is 0 Å². The Bertz CT molecular complexity index is 190. The molecule has 0 fully saturated rings. The van der Waals surface area contributed by atoms with Gasteiger partial charge < -0.3 is 28.7 Å². The molecule has 7 nitrogen and oxygen atoms in total. The van der Waals surface area contributed by atoms with Gasteiger partial charge in [-0.1, -0.05) is 0 Å². The number of hydrogen-bond donors (Lipinski definition) is 0. The van der Waals surface area contributed by atoms with Crippen LogP contribution in [0.2, 0.25) is 0 Å². The Morgan fingerprint density at radius 3 is 1.71 bits per heavy atom. The summed E-state index contributed by atoms with van der Waals surface area (Å²) in [5.41, 5.74) is 0. The average molecular weight is 344 g/mol. The van der Waals surface area contributed by atoms with Crippen molar-refractivity contribution in [3.63, 3.8) is 0 Å². The van der Waals surface area contributed by atoms with Crippen molar-refractivity contribution in [1.82, 2.24) is 0 Å². The van der Waals surface area contributed by atoms with E-state index in [1.807, 2.05) is 6.92 Å². The molecule has 0 saturated carbocycles. The summed E-state index contributed by atoms with van der Waals surface area (Å²) in [6.45, 7) is 4.81. The van der Waals surface area contributed by atoms with Crippen LogP contribution in [0.1, 0.15) is 13.8 Å². The van der Waals surface area contributed by atoms with E-state index in [2.05, 4.69) is 4.74 Å². The number of ether oxygens (including phenoxy) is 2. The molecule has 0 aliphatic carbocycles. The Hall–Kier alpha value is 4.45. The number of phosphoric acid groups is 1. The van der Waals surface area contributed by atoms with Gasteiger partial charge in [0.2, 0.25) is 0 Å². The summed E-state index contributed by atoms with van der Waals surface area (Å²) in [6, 6.07) is 0. The molecule has 0 amide bonds. The summed E-state index contributed by atoms with van der Waals surface area (Å²) in [6.07, 6.45) is 0. The van der Waals surface area contributed by atoms with Crippen molar-refractivity contribution in [2.75, 3.05) is 19.8 Å². The maximum Gasteiger partial charge on any atom is 1.00 e. The molecule has 17 heavy (non-hydrogen) atoms. The minimum absolute atomic E-state index is 0.